The molecule has 0 spiro atoms. The van der Waals surface area contributed by atoms with E-state index in [4.69, 9.17) is 0 Å². The van der Waals surface area contributed by atoms with Gasteiger partial charge < -0.3 is 4.98 Å². The van der Waals surface area contributed by atoms with Gasteiger partial charge in [0.25, 0.3) is 0 Å². The van der Waals surface area contributed by atoms with Crippen LogP contribution in [0.1, 0.15) is 18.2 Å². The first-order valence-electron chi connectivity index (χ1n) is 8.50. The number of rotatable bonds is 4. The molecule has 26 heavy (non-hydrogen) atoms. The zero-order chi connectivity index (χ0) is 17.9. The van der Waals surface area contributed by atoms with Crippen LogP contribution in [0.3, 0.4) is 0 Å². The lowest BCUT2D eigenvalue weighted by atomic mass is 10.1. The van der Waals surface area contributed by atoms with Gasteiger partial charge in [0.1, 0.15) is 0 Å². The van der Waals surface area contributed by atoms with Crippen molar-refractivity contribution < 1.29 is 0 Å². The Morgan fingerprint density at radius 3 is 2.81 bits per heavy atom. The highest BCUT2D eigenvalue weighted by Crippen LogP contribution is 2.29. The van der Waals surface area contributed by atoms with Crippen LogP contribution in [0.4, 0.5) is 0 Å². The van der Waals surface area contributed by atoms with Crippen LogP contribution in [-0.2, 0) is 0 Å². The molecule has 0 unspecified atom stereocenters. The maximum atomic E-state index is 4.49. The molecule has 0 radical (unpaired) electrons. The van der Waals surface area contributed by atoms with Gasteiger partial charge in [-0.1, -0.05) is 30.4 Å². The second kappa shape index (κ2) is 6.80. The van der Waals surface area contributed by atoms with Crippen molar-refractivity contribution in [3.05, 3.63) is 72.3 Å². The third kappa shape index (κ3) is 2.95. The van der Waals surface area contributed by atoms with E-state index in [0.29, 0.717) is 5.65 Å². The van der Waals surface area contributed by atoms with Gasteiger partial charge in [-0.05, 0) is 37.6 Å². The third-order valence-electron chi connectivity index (χ3n) is 4.31. The SMILES string of the molecule is C/C=C\C=C/c1cc(-c2[nH]nc3ncc(-c4cccnc4)cc23)[nH]c1C. The number of aromatic amines is 2. The normalized spacial score (nSPS) is 11.9. The van der Waals surface area contributed by atoms with Crippen LogP contribution in [0.15, 0.2) is 61.1 Å². The molecule has 0 saturated heterocycles. The maximum Gasteiger partial charge on any atom is 0.181 e. The number of nitrogens with one attached hydrogen (secondary N) is 2. The number of H-pyrrole nitrogens is 2. The molecule has 0 amide bonds. The molecular weight excluding hydrogens is 322 g/mol. The fraction of sp³-hybridized carbons (Fsp3) is 0.0952. The number of allylic oxidation sites excluding steroid dienone is 3. The first kappa shape index (κ1) is 16.0. The average molecular weight is 341 g/mol. The zero-order valence-corrected chi connectivity index (χ0v) is 14.7. The van der Waals surface area contributed by atoms with Crippen molar-refractivity contribution in [1.29, 1.82) is 0 Å². The fourth-order valence-corrected chi connectivity index (χ4v) is 2.95. The van der Waals surface area contributed by atoms with E-state index in [9.17, 15) is 0 Å². The predicted molar refractivity (Wildman–Crippen MR) is 105 cm³/mol. The molecule has 5 heteroatoms. The zero-order valence-electron chi connectivity index (χ0n) is 14.7. The number of aryl methyl sites for hydroxylation is 1. The number of pyridine rings is 2. The van der Waals surface area contributed by atoms with Gasteiger partial charge in [0.05, 0.1) is 11.4 Å². The highest BCUT2D eigenvalue weighted by atomic mass is 15.2. The van der Waals surface area contributed by atoms with Gasteiger partial charge in [-0.2, -0.15) is 5.10 Å². The van der Waals surface area contributed by atoms with E-state index in [0.717, 1.165) is 39.2 Å². The quantitative estimate of drug-likeness (QED) is 0.518. The molecule has 0 fully saturated rings. The molecule has 128 valence electrons. The summed E-state index contributed by atoms with van der Waals surface area (Å²) in [6.07, 6.45) is 13.6. The van der Waals surface area contributed by atoms with E-state index in [-0.39, 0.29) is 0 Å². The molecule has 0 atom stereocenters. The summed E-state index contributed by atoms with van der Waals surface area (Å²) >= 11 is 0. The second-order valence-corrected chi connectivity index (χ2v) is 6.08. The smallest absolute Gasteiger partial charge is 0.181 e. The second-order valence-electron chi connectivity index (χ2n) is 6.08. The average Bonchev–Trinajstić information content (AvgIpc) is 3.25. The Morgan fingerprint density at radius 2 is 2.00 bits per heavy atom. The van der Waals surface area contributed by atoms with Gasteiger partial charge in [-0.15, -0.1) is 0 Å². The molecule has 0 aromatic carbocycles. The lowest BCUT2D eigenvalue weighted by Crippen LogP contribution is -1.83. The Hall–Kier alpha value is -3.47. The standard InChI is InChI=1S/C21H19N5/c1-3-4-5-7-15-11-19(24-14(15)2)20-18-10-17(13-23-21(18)26-25-20)16-8-6-9-22-12-16/h3-13,24H,1-2H3,(H,23,25,26)/b4-3-,7-5-. The molecule has 0 saturated carbocycles. The lowest BCUT2D eigenvalue weighted by Gasteiger charge is -2.01. The van der Waals surface area contributed by atoms with E-state index in [1.54, 1.807) is 6.20 Å². The molecule has 0 aliphatic heterocycles. The van der Waals surface area contributed by atoms with Crippen molar-refractivity contribution in [1.82, 2.24) is 25.1 Å². The predicted octanol–water partition coefficient (Wildman–Crippen LogP) is 4.91. The van der Waals surface area contributed by atoms with Gasteiger partial charge in [0, 0.05) is 40.8 Å². The Morgan fingerprint density at radius 1 is 1.08 bits per heavy atom. The maximum absolute atomic E-state index is 4.49. The van der Waals surface area contributed by atoms with E-state index >= 15 is 0 Å². The lowest BCUT2D eigenvalue weighted by molar-refractivity contribution is 1.09. The van der Waals surface area contributed by atoms with E-state index in [2.05, 4.69) is 50.3 Å². The molecule has 0 aliphatic rings. The van der Waals surface area contributed by atoms with Gasteiger partial charge in [-0.3, -0.25) is 10.1 Å². The first-order chi connectivity index (χ1) is 12.8. The van der Waals surface area contributed by atoms with Crippen LogP contribution in [0, 0.1) is 6.92 Å². The minimum absolute atomic E-state index is 0.700. The summed E-state index contributed by atoms with van der Waals surface area (Å²) in [7, 11) is 0. The molecule has 0 aliphatic carbocycles. The van der Waals surface area contributed by atoms with Crippen molar-refractivity contribution in [2.45, 2.75) is 13.8 Å². The van der Waals surface area contributed by atoms with E-state index in [1.165, 1.54) is 0 Å². The van der Waals surface area contributed by atoms with Crippen molar-refractivity contribution >= 4 is 17.1 Å². The van der Waals surface area contributed by atoms with Crippen LogP contribution in [0.2, 0.25) is 0 Å². The van der Waals surface area contributed by atoms with Crippen LogP contribution in [0.5, 0.6) is 0 Å². The van der Waals surface area contributed by atoms with E-state index in [1.807, 2.05) is 49.7 Å². The molecule has 0 bridgehead atoms. The van der Waals surface area contributed by atoms with Crippen molar-refractivity contribution in [2.75, 3.05) is 0 Å². The number of hydrogen-bond acceptors (Lipinski definition) is 3. The third-order valence-corrected chi connectivity index (χ3v) is 4.31. The topological polar surface area (TPSA) is 70.2 Å². The van der Waals surface area contributed by atoms with Crippen LogP contribution in [-0.4, -0.2) is 25.1 Å². The Kier molecular flexibility index (Phi) is 4.19. The van der Waals surface area contributed by atoms with Gasteiger partial charge in [-0.25, -0.2) is 4.98 Å². The number of fused-ring (bicyclic) bond motifs is 1. The molecule has 2 N–H and O–H groups in total. The number of hydrogen-bond donors (Lipinski definition) is 2. The van der Waals surface area contributed by atoms with Crippen LogP contribution >= 0.6 is 0 Å². The summed E-state index contributed by atoms with van der Waals surface area (Å²) in [5.74, 6) is 0. The Balaban J connectivity index is 1.79. The van der Waals surface area contributed by atoms with Gasteiger partial charge in [0.2, 0.25) is 0 Å². The Labute approximate surface area is 151 Å². The van der Waals surface area contributed by atoms with Gasteiger partial charge >= 0.3 is 0 Å². The molecule has 4 rings (SSSR count). The minimum atomic E-state index is 0.700. The highest BCUT2D eigenvalue weighted by molar-refractivity contribution is 5.93. The van der Waals surface area contributed by atoms with Crippen LogP contribution < -0.4 is 0 Å². The minimum Gasteiger partial charge on any atom is -0.357 e. The monoisotopic (exact) mass is 341 g/mol. The molecule has 5 nitrogen and oxygen atoms in total. The highest BCUT2D eigenvalue weighted by Gasteiger charge is 2.13. The number of aromatic nitrogens is 5. The van der Waals surface area contributed by atoms with Crippen molar-refractivity contribution in [3.63, 3.8) is 0 Å². The fourth-order valence-electron chi connectivity index (χ4n) is 2.95. The Bertz CT molecular complexity index is 1100. The molecule has 4 heterocycles. The van der Waals surface area contributed by atoms with Gasteiger partial charge in [0.15, 0.2) is 5.65 Å². The largest absolute Gasteiger partial charge is 0.357 e. The first-order valence-corrected chi connectivity index (χ1v) is 8.50. The summed E-state index contributed by atoms with van der Waals surface area (Å²) in [5.41, 5.74) is 6.95. The summed E-state index contributed by atoms with van der Waals surface area (Å²) in [5, 5.41) is 8.45. The van der Waals surface area contributed by atoms with Crippen LogP contribution in [0.25, 0.3) is 39.6 Å². The van der Waals surface area contributed by atoms with Crippen molar-refractivity contribution in [2.24, 2.45) is 0 Å². The summed E-state index contributed by atoms with van der Waals surface area (Å²) in [6.45, 7) is 4.07. The molecule has 4 aromatic rings. The van der Waals surface area contributed by atoms with Crippen molar-refractivity contribution in [3.8, 4) is 22.5 Å². The van der Waals surface area contributed by atoms with E-state index < -0.39 is 0 Å². The summed E-state index contributed by atoms with van der Waals surface area (Å²) in [6, 6.07) is 8.18. The molecular formula is C21H19N5. The molecule has 4 aromatic heterocycles. The summed E-state index contributed by atoms with van der Waals surface area (Å²) < 4.78 is 0. The number of nitrogens with zero attached hydrogens (tertiary/aromatic N) is 3. The summed E-state index contributed by atoms with van der Waals surface area (Å²) in [4.78, 5) is 12.1.